The predicted octanol–water partition coefficient (Wildman–Crippen LogP) is 7.00. The van der Waals surface area contributed by atoms with Gasteiger partial charge in [0.2, 0.25) is 0 Å². The quantitative estimate of drug-likeness (QED) is 0.397. The van der Waals surface area contributed by atoms with Gasteiger partial charge in [-0.3, -0.25) is 0 Å². The molecule has 0 aromatic heterocycles. The van der Waals surface area contributed by atoms with E-state index in [9.17, 15) is 10.2 Å². The van der Waals surface area contributed by atoms with Crippen molar-refractivity contribution in [2.45, 2.75) is 119 Å². The zero-order chi connectivity index (χ0) is 23.5. The third-order valence-electron chi connectivity index (χ3n) is 13.4. The van der Waals surface area contributed by atoms with Crippen molar-refractivity contribution in [3.63, 3.8) is 0 Å². The number of aliphatic hydroxyl groups is 2. The smallest absolute Gasteiger partial charge is 0.0595 e. The first-order valence-electron chi connectivity index (χ1n) is 13.8. The van der Waals surface area contributed by atoms with E-state index in [-0.39, 0.29) is 34.4 Å². The summed E-state index contributed by atoms with van der Waals surface area (Å²) in [5, 5.41) is 22.7. The van der Waals surface area contributed by atoms with E-state index in [0.29, 0.717) is 22.7 Å². The summed E-state index contributed by atoms with van der Waals surface area (Å²) in [6.45, 7) is 19.6. The maximum Gasteiger partial charge on any atom is 0.0595 e. The molecule has 0 aliphatic heterocycles. The van der Waals surface area contributed by atoms with Gasteiger partial charge in [0.25, 0.3) is 0 Å². The number of hydrogen-bond acceptors (Lipinski definition) is 2. The fourth-order valence-corrected chi connectivity index (χ4v) is 11.4. The van der Waals surface area contributed by atoms with Crippen LogP contribution in [0.1, 0.15) is 107 Å². The molecule has 0 heterocycles. The van der Waals surface area contributed by atoms with Gasteiger partial charge in [-0.25, -0.2) is 0 Å². The molecule has 182 valence electrons. The van der Waals surface area contributed by atoms with Gasteiger partial charge in [-0.2, -0.15) is 0 Å². The van der Waals surface area contributed by atoms with Gasteiger partial charge in [0.05, 0.1) is 12.2 Å². The Kier molecular flexibility index (Phi) is 5.02. The highest BCUT2D eigenvalue weighted by Crippen LogP contribution is 2.76. The Bertz CT molecular complexity index is 814. The maximum atomic E-state index is 11.8. The second-order valence-electron chi connectivity index (χ2n) is 14.8. The van der Waals surface area contributed by atoms with Crippen LogP contribution in [0.4, 0.5) is 0 Å². The number of fused-ring (bicyclic) bond motifs is 7. The van der Waals surface area contributed by atoms with Crippen LogP contribution in [0.5, 0.6) is 0 Å². The van der Waals surface area contributed by atoms with Gasteiger partial charge in [-0.15, -0.1) is 0 Å². The van der Waals surface area contributed by atoms with Crippen molar-refractivity contribution in [3.05, 3.63) is 11.6 Å². The lowest BCUT2D eigenvalue weighted by atomic mass is 9.31. The minimum atomic E-state index is -0.305. The maximum absolute atomic E-state index is 11.8. The Morgan fingerprint density at radius 1 is 0.875 bits per heavy atom. The van der Waals surface area contributed by atoms with E-state index < -0.39 is 0 Å². The Labute approximate surface area is 197 Å². The van der Waals surface area contributed by atoms with Gasteiger partial charge in [0.1, 0.15) is 0 Å². The Morgan fingerprint density at radius 2 is 1.56 bits per heavy atom. The van der Waals surface area contributed by atoms with Crippen molar-refractivity contribution in [1.29, 1.82) is 0 Å². The van der Waals surface area contributed by atoms with E-state index in [1.54, 1.807) is 5.57 Å². The fourth-order valence-electron chi connectivity index (χ4n) is 11.4. The lowest BCUT2D eigenvalue weighted by Gasteiger charge is -2.74. The molecule has 0 spiro atoms. The highest BCUT2D eigenvalue weighted by molar-refractivity contribution is 5.23. The van der Waals surface area contributed by atoms with Crippen LogP contribution in [-0.2, 0) is 0 Å². The molecule has 0 radical (unpaired) electrons. The summed E-state index contributed by atoms with van der Waals surface area (Å²) in [6.07, 6.45) is 11.4. The van der Waals surface area contributed by atoms with Crippen molar-refractivity contribution < 1.29 is 10.2 Å². The standard InChI is InChI=1S/C30H50O2/c1-18-11-13-27(5)15-16-29(7)20(24(27)19(18)2)9-10-22-28(6)14-12-23(32)26(3,4)25(28)21(31)17-30(22,29)8/h11,19-25,31-32H,9-10,12-17H2,1-8H3/t19-,20-,21-,22-,23+,24-,25+,27-,28-,29-,30-/m1/s1. The summed E-state index contributed by atoms with van der Waals surface area (Å²) in [7, 11) is 0. The summed E-state index contributed by atoms with van der Waals surface area (Å²) in [5.74, 6) is 3.06. The van der Waals surface area contributed by atoms with E-state index in [2.05, 4.69) is 61.5 Å². The number of rotatable bonds is 0. The van der Waals surface area contributed by atoms with Gasteiger partial charge >= 0.3 is 0 Å². The van der Waals surface area contributed by atoms with E-state index in [1.807, 2.05) is 0 Å². The Morgan fingerprint density at radius 3 is 2.25 bits per heavy atom. The van der Waals surface area contributed by atoms with Crippen LogP contribution < -0.4 is 0 Å². The van der Waals surface area contributed by atoms with E-state index in [1.165, 1.54) is 32.1 Å². The third-order valence-corrected chi connectivity index (χ3v) is 13.4. The third kappa shape index (κ3) is 2.66. The fraction of sp³-hybridized carbons (Fsp3) is 0.933. The van der Waals surface area contributed by atoms with Crippen LogP contribution in [0.25, 0.3) is 0 Å². The van der Waals surface area contributed by atoms with Gasteiger partial charge in [0, 0.05) is 0 Å². The predicted molar refractivity (Wildman–Crippen MR) is 132 cm³/mol. The minimum Gasteiger partial charge on any atom is -0.393 e. The average molecular weight is 443 g/mol. The molecule has 4 saturated carbocycles. The highest BCUT2D eigenvalue weighted by Gasteiger charge is 2.71. The van der Waals surface area contributed by atoms with Crippen LogP contribution in [0.3, 0.4) is 0 Å². The van der Waals surface area contributed by atoms with Crippen LogP contribution >= 0.6 is 0 Å². The first kappa shape index (κ1) is 23.4. The summed E-state index contributed by atoms with van der Waals surface area (Å²) in [5.41, 5.74) is 2.44. The van der Waals surface area contributed by atoms with Crippen molar-refractivity contribution in [2.24, 2.45) is 56.7 Å². The first-order valence-corrected chi connectivity index (χ1v) is 13.8. The molecule has 2 heteroatoms. The molecule has 11 atom stereocenters. The molecule has 0 unspecified atom stereocenters. The van der Waals surface area contributed by atoms with Gasteiger partial charge in [0.15, 0.2) is 0 Å². The van der Waals surface area contributed by atoms with Crippen LogP contribution in [0, 0.1) is 56.7 Å². The molecule has 0 amide bonds. The van der Waals surface area contributed by atoms with E-state index in [4.69, 9.17) is 0 Å². The molecule has 5 rings (SSSR count). The lowest BCUT2D eigenvalue weighted by Crippen LogP contribution is -2.70. The zero-order valence-electron chi connectivity index (χ0n) is 22.2. The Balaban J connectivity index is 1.58. The van der Waals surface area contributed by atoms with Gasteiger partial charge in [-0.1, -0.05) is 60.1 Å². The second kappa shape index (κ2) is 6.87. The van der Waals surface area contributed by atoms with Crippen molar-refractivity contribution in [2.75, 3.05) is 0 Å². The molecule has 2 N–H and O–H groups in total. The molecule has 4 fully saturated rings. The summed E-state index contributed by atoms with van der Waals surface area (Å²) in [4.78, 5) is 0. The summed E-state index contributed by atoms with van der Waals surface area (Å²) in [6, 6.07) is 0. The largest absolute Gasteiger partial charge is 0.393 e. The number of aliphatic hydroxyl groups excluding tert-OH is 2. The molecule has 5 aliphatic rings. The van der Waals surface area contributed by atoms with Crippen LogP contribution in [0.2, 0.25) is 0 Å². The number of allylic oxidation sites excluding steroid dienone is 2. The molecule has 0 bridgehead atoms. The zero-order valence-corrected chi connectivity index (χ0v) is 22.2. The van der Waals surface area contributed by atoms with Gasteiger partial charge < -0.3 is 10.2 Å². The van der Waals surface area contributed by atoms with Crippen LogP contribution in [0.15, 0.2) is 11.6 Å². The van der Waals surface area contributed by atoms with Gasteiger partial charge in [-0.05, 0) is 115 Å². The van der Waals surface area contributed by atoms with Crippen LogP contribution in [-0.4, -0.2) is 22.4 Å². The van der Waals surface area contributed by atoms with E-state index >= 15 is 0 Å². The normalized spacial score (nSPS) is 59.2. The molecular formula is C30H50O2. The monoisotopic (exact) mass is 442 g/mol. The molecule has 5 aliphatic carbocycles. The van der Waals surface area contributed by atoms with Crippen molar-refractivity contribution >= 4 is 0 Å². The molecule has 0 aromatic rings. The van der Waals surface area contributed by atoms with Crippen molar-refractivity contribution in [1.82, 2.24) is 0 Å². The molecular weight excluding hydrogens is 392 g/mol. The van der Waals surface area contributed by atoms with Crippen molar-refractivity contribution in [3.8, 4) is 0 Å². The molecule has 32 heavy (non-hydrogen) atoms. The summed E-state index contributed by atoms with van der Waals surface area (Å²) >= 11 is 0. The average Bonchev–Trinajstić information content (AvgIpc) is 2.69. The van der Waals surface area contributed by atoms with E-state index in [0.717, 1.165) is 31.1 Å². The number of hydrogen-bond donors (Lipinski definition) is 2. The SMILES string of the molecule is CC1=CC[C@]2(C)CC[C@]3(C)[C@H](CC[C@@H]4[C@@]5(C)CC[C@H](O)C(C)(C)[C@@H]5[C@H](O)C[C@]43C)[C@H]2[C@@H]1C. The first-order chi connectivity index (χ1) is 14.7. The second-order valence-corrected chi connectivity index (χ2v) is 14.8. The summed E-state index contributed by atoms with van der Waals surface area (Å²) < 4.78 is 0. The lowest BCUT2D eigenvalue weighted by molar-refractivity contribution is -0.277. The molecule has 0 saturated heterocycles. The molecule has 2 nitrogen and oxygen atoms in total. The highest BCUT2D eigenvalue weighted by atomic mass is 16.3. The molecule has 0 aromatic carbocycles. The Hall–Kier alpha value is -0.340. The topological polar surface area (TPSA) is 40.5 Å². The minimum absolute atomic E-state index is 0.123.